The first-order valence-corrected chi connectivity index (χ1v) is 6.67. The number of aliphatic hydroxyl groups is 1. The molecule has 1 aromatic rings. The molecule has 0 aliphatic carbocycles. The van der Waals surface area contributed by atoms with Crippen molar-refractivity contribution in [2.24, 2.45) is 0 Å². The van der Waals surface area contributed by atoms with E-state index in [4.69, 9.17) is 17.3 Å². The van der Waals surface area contributed by atoms with Crippen LogP contribution in [-0.2, 0) is 4.79 Å². The molecular weight excluding hydrogens is 266 g/mol. The maximum atomic E-state index is 11.8. The van der Waals surface area contributed by atoms with E-state index in [0.29, 0.717) is 35.9 Å². The fourth-order valence-corrected chi connectivity index (χ4v) is 2.32. The van der Waals surface area contributed by atoms with Crippen LogP contribution >= 0.6 is 11.6 Å². The molecule has 0 radical (unpaired) electrons. The number of nitrogens with two attached hydrogens (primary N) is 1. The highest BCUT2D eigenvalue weighted by molar-refractivity contribution is 6.31. The third-order valence-corrected chi connectivity index (χ3v) is 3.43. The van der Waals surface area contributed by atoms with Gasteiger partial charge in [0, 0.05) is 31.1 Å². The van der Waals surface area contributed by atoms with Crippen LogP contribution in [0.3, 0.4) is 0 Å². The number of β-amino-alcohol motifs (C(OH)–C–C–N with tert-alkyl or cyclic N) is 1. The molecular formula is C13H18ClN3O2. The number of rotatable bonds is 4. The molecule has 0 saturated carbocycles. The molecule has 1 saturated heterocycles. The summed E-state index contributed by atoms with van der Waals surface area (Å²) >= 11 is 5.79. The van der Waals surface area contributed by atoms with Gasteiger partial charge >= 0.3 is 0 Å². The molecule has 1 amide bonds. The topological polar surface area (TPSA) is 78.6 Å². The smallest absolute Gasteiger partial charge is 0.225 e. The van der Waals surface area contributed by atoms with Gasteiger partial charge in [0.2, 0.25) is 5.91 Å². The van der Waals surface area contributed by atoms with Gasteiger partial charge in [-0.15, -0.1) is 0 Å². The molecule has 0 bridgehead atoms. The first kappa shape index (κ1) is 14.1. The van der Waals surface area contributed by atoms with E-state index in [1.807, 2.05) is 0 Å². The van der Waals surface area contributed by atoms with Gasteiger partial charge in [0.25, 0.3) is 0 Å². The molecule has 1 fully saturated rings. The normalized spacial score (nSPS) is 19.6. The zero-order chi connectivity index (χ0) is 13.8. The Morgan fingerprint density at radius 1 is 1.58 bits per heavy atom. The van der Waals surface area contributed by atoms with E-state index in [1.54, 1.807) is 18.2 Å². The zero-order valence-electron chi connectivity index (χ0n) is 10.6. The standard InChI is InChI=1S/C13H18ClN3O2/c14-9-1-2-12(11(15)7-9)16-13(19)4-6-17-5-3-10(18)8-17/h1-2,7,10,18H,3-6,8,15H2,(H,16,19). The Bertz CT molecular complexity index is 467. The molecule has 5 nitrogen and oxygen atoms in total. The Hall–Kier alpha value is -1.30. The number of hydrogen-bond acceptors (Lipinski definition) is 4. The molecule has 4 N–H and O–H groups in total. The molecule has 0 spiro atoms. The number of likely N-dealkylation sites (tertiary alicyclic amines) is 1. The highest BCUT2D eigenvalue weighted by Gasteiger charge is 2.20. The van der Waals surface area contributed by atoms with Crippen molar-refractivity contribution in [1.29, 1.82) is 0 Å². The average Bonchev–Trinajstić information content (AvgIpc) is 2.76. The molecule has 2 rings (SSSR count). The van der Waals surface area contributed by atoms with Crippen molar-refractivity contribution < 1.29 is 9.90 Å². The summed E-state index contributed by atoms with van der Waals surface area (Å²) in [5.41, 5.74) is 6.80. The Morgan fingerprint density at radius 3 is 3.00 bits per heavy atom. The minimum atomic E-state index is -0.255. The molecule has 1 aromatic carbocycles. The van der Waals surface area contributed by atoms with E-state index in [9.17, 15) is 9.90 Å². The third-order valence-electron chi connectivity index (χ3n) is 3.19. The second kappa shape index (κ2) is 6.23. The summed E-state index contributed by atoms with van der Waals surface area (Å²) < 4.78 is 0. The van der Waals surface area contributed by atoms with E-state index in [-0.39, 0.29) is 12.0 Å². The minimum absolute atomic E-state index is 0.0876. The Kier molecular flexibility index (Phi) is 4.63. The predicted octanol–water partition coefficient (Wildman–Crippen LogP) is 1.32. The van der Waals surface area contributed by atoms with Crippen LogP contribution in [0.4, 0.5) is 11.4 Å². The molecule has 1 atom stereocenters. The summed E-state index contributed by atoms with van der Waals surface area (Å²) in [5.74, 6) is -0.0876. The number of carbonyl (C=O) groups excluding carboxylic acids is 1. The second-order valence-electron chi connectivity index (χ2n) is 4.77. The van der Waals surface area contributed by atoms with Crippen molar-refractivity contribution in [3.05, 3.63) is 23.2 Å². The van der Waals surface area contributed by atoms with Crippen molar-refractivity contribution in [1.82, 2.24) is 4.90 Å². The van der Waals surface area contributed by atoms with Crippen LogP contribution in [0.1, 0.15) is 12.8 Å². The predicted molar refractivity (Wildman–Crippen MR) is 76.2 cm³/mol. The van der Waals surface area contributed by atoms with Crippen LogP contribution in [0, 0.1) is 0 Å². The van der Waals surface area contributed by atoms with Crippen LogP contribution in [-0.4, -0.2) is 41.7 Å². The van der Waals surface area contributed by atoms with Crippen LogP contribution in [0.5, 0.6) is 0 Å². The average molecular weight is 284 g/mol. The van der Waals surface area contributed by atoms with Gasteiger partial charge in [0.05, 0.1) is 17.5 Å². The van der Waals surface area contributed by atoms with Gasteiger partial charge in [-0.25, -0.2) is 0 Å². The van der Waals surface area contributed by atoms with Crippen molar-refractivity contribution in [2.45, 2.75) is 18.9 Å². The summed E-state index contributed by atoms with van der Waals surface area (Å²) in [5, 5.41) is 12.7. The molecule has 0 aromatic heterocycles. The first-order valence-electron chi connectivity index (χ1n) is 6.30. The molecule has 1 heterocycles. The van der Waals surface area contributed by atoms with Crippen molar-refractivity contribution in [2.75, 3.05) is 30.7 Å². The highest BCUT2D eigenvalue weighted by atomic mass is 35.5. The van der Waals surface area contributed by atoms with Gasteiger partial charge in [0.1, 0.15) is 0 Å². The van der Waals surface area contributed by atoms with Crippen LogP contribution in [0.2, 0.25) is 5.02 Å². The van der Waals surface area contributed by atoms with Gasteiger partial charge < -0.3 is 21.1 Å². The lowest BCUT2D eigenvalue weighted by Crippen LogP contribution is -2.26. The fourth-order valence-electron chi connectivity index (χ4n) is 2.14. The molecule has 1 aliphatic heterocycles. The van der Waals surface area contributed by atoms with E-state index >= 15 is 0 Å². The largest absolute Gasteiger partial charge is 0.397 e. The van der Waals surface area contributed by atoms with E-state index < -0.39 is 0 Å². The number of amides is 1. The number of carbonyl (C=O) groups is 1. The quantitative estimate of drug-likeness (QED) is 0.728. The maximum Gasteiger partial charge on any atom is 0.225 e. The van der Waals surface area contributed by atoms with Gasteiger partial charge in [-0.2, -0.15) is 0 Å². The number of anilines is 2. The lowest BCUT2D eigenvalue weighted by Gasteiger charge is -2.14. The Labute approximate surface area is 117 Å². The van der Waals surface area contributed by atoms with Crippen molar-refractivity contribution >= 4 is 28.9 Å². The van der Waals surface area contributed by atoms with Crippen LogP contribution < -0.4 is 11.1 Å². The maximum absolute atomic E-state index is 11.8. The Balaban J connectivity index is 1.81. The van der Waals surface area contributed by atoms with Gasteiger partial charge in [0.15, 0.2) is 0 Å². The lowest BCUT2D eigenvalue weighted by molar-refractivity contribution is -0.116. The van der Waals surface area contributed by atoms with Crippen LogP contribution in [0.25, 0.3) is 0 Å². The minimum Gasteiger partial charge on any atom is -0.397 e. The number of hydrogen-bond donors (Lipinski definition) is 3. The van der Waals surface area contributed by atoms with Gasteiger partial charge in [-0.3, -0.25) is 4.79 Å². The first-order chi connectivity index (χ1) is 9.04. The van der Waals surface area contributed by atoms with E-state index in [1.165, 1.54) is 0 Å². The van der Waals surface area contributed by atoms with Crippen LogP contribution in [0.15, 0.2) is 18.2 Å². The lowest BCUT2D eigenvalue weighted by atomic mass is 10.2. The summed E-state index contributed by atoms with van der Waals surface area (Å²) in [6.07, 6.45) is 0.913. The third kappa shape index (κ3) is 4.09. The summed E-state index contributed by atoms with van der Waals surface area (Å²) in [6.45, 7) is 2.14. The molecule has 104 valence electrons. The number of nitrogen functional groups attached to an aromatic ring is 1. The number of aliphatic hydroxyl groups excluding tert-OH is 1. The van der Waals surface area contributed by atoms with Gasteiger partial charge in [-0.1, -0.05) is 11.6 Å². The fraction of sp³-hybridized carbons (Fsp3) is 0.462. The molecule has 1 aliphatic rings. The summed E-state index contributed by atoms with van der Waals surface area (Å²) in [6, 6.07) is 4.98. The summed E-state index contributed by atoms with van der Waals surface area (Å²) in [4.78, 5) is 13.9. The number of nitrogens with one attached hydrogen (secondary N) is 1. The number of benzene rings is 1. The second-order valence-corrected chi connectivity index (χ2v) is 5.21. The highest BCUT2D eigenvalue weighted by Crippen LogP contribution is 2.22. The number of halogens is 1. The Morgan fingerprint density at radius 2 is 2.37 bits per heavy atom. The van der Waals surface area contributed by atoms with Crippen molar-refractivity contribution in [3.8, 4) is 0 Å². The number of nitrogens with zero attached hydrogens (tertiary/aromatic N) is 1. The molecule has 19 heavy (non-hydrogen) atoms. The monoisotopic (exact) mass is 283 g/mol. The van der Waals surface area contributed by atoms with Crippen molar-refractivity contribution in [3.63, 3.8) is 0 Å². The molecule has 6 heteroatoms. The molecule has 1 unspecified atom stereocenters. The zero-order valence-corrected chi connectivity index (χ0v) is 11.4. The SMILES string of the molecule is Nc1cc(Cl)ccc1NC(=O)CCN1CCC(O)C1. The summed E-state index contributed by atoms with van der Waals surface area (Å²) in [7, 11) is 0. The van der Waals surface area contributed by atoms with E-state index in [0.717, 1.165) is 13.0 Å². The van der Waals surface area contributed by atoms with Gasteiger partial charge in [-0.05, 0) is 24.6 Å². The van der Waals surface area contributed by atoms with E-state index in [2.05, 4.69) is 10.2 Å².